The normalized spacial score (nSPS) is 19.8. The largest absolute Gasteiger partial charge is 0.331 e. The summed E-state index contributed by atoms with van der Waals surface area (Å²) in [4.78, 5) is 40.8. The van der Waals surface area contributed by atoms with Gasteiger partial charge in [0.05, 0.1) is 6.54 Å². The van der Waals surface area contributed by atoms with Gasteiger partial charge in [0.2, 0.25) is 11.8 Å². The average molecular weight is 281 g/mol. The Labute approximate surface area is 114 Å². The number of hydrogen-bond acceptors (Lipinski definition) is 5. The first-order chi connectivity index (χ1) is 9.02. The molecule has 0 bridgehead atoms. The monoisotopic (exact) mass is 281 g/mol. The lowest BCUT2D eigenvalue weighted by atomic mass is 9.99. The molecule has 19 heavy (non-hydrogen) atoms. The molecule has 0 spiro atoms. The van der Waals surface area contributed by atoms with Crippen LogP contribution in [0.15, 0.2) is 5.38 Å². The van der Waals surface area contributed by atoms with Gasteiger partial charge in [-0.2, -0.15) is 0 Å². The van der Waals surface area contributed by atoms with Crippen molar-refractivity contribution in [3.05, 3.63) is 16.1 Å². The number of carbonyl (C=O) groups excluding carboxylic acids is 3. The lowest BCUT2D eigenvalue weighted by molar-refractivity contribution is -0.143. The first-order valence-corrected chi connectivity index (χ1v) is 6.98. The van der Waals surface area contributed by atoms with Gasteiger partial charge in [-0.3, -0.25) is 19.8 Å². The number of imide groups is 2. The smallest absolute Gasteiger partial charge is 0.277 e. The van der Waals surface area contributed by atoms with Gasteiger partial charge < -0.3 is 0 Å². The van der Waals surface area contributed by atoms with Gasteiger partial charge in [0, 0.05) is 11.1 Å². The Bertz CT molecular complexity index is 526. The summed E-state index contributed by atoms with van der Waals surface area (Å²) >= 11 is 1.39. The maximum Gasteiger partial charge on any atom is 0.331 e. The van der Waals surface area contributed by atoms with Gasteiger partial charge in [0.25, 0.3) is 0 Å². The van der Waals surface area contributed by atoms with E-state index in [1.54, 1.807) is 0 Å². The van der Waals surface area contributed by atoms with Gasteiger partial charge in [-0.1, -0.05) is 13.3 Å². The third-order valence-electron chi connectivity index (χ3n) is 2.89. The second-order valence-corrected chi connectivity index (χ2v) is 5.39. The number of thiazole rings is 1. The van der Waals surface area contributed by atoms with E-state index in [1.165, 1.54) is 11.3 Å². The van der Waals surface area contributed by atoms with Crippen molar-refractivity contribution < 1.29 is 14.4 Å². The summed E-state index contributed by atoms with van der Waals surface area (Å²) in [6, 6.07) is -0.657. The number of barbiturate groups is 1. The van der Waals surface area contributed by atoms with Crippen LogP contribution >= 0.6 is 11.3 Å². The molecule has 7 heteroatoms. The topological polar surface area (TPSA) is 79.4 Å². The maximum absolute atomic E-state index is 12.2. The van der Waals surface area contributed by atoms with Crippen LogP contribution in [0.1, 0.15) is 30.5 Å². The molecule has 102 valence electrons. The zero-order valence-corrected chi connectivity index (χ0v) is 11.6. The number of urea groups is 1. The quantitative estimate of drug-likeness (QED) is 0.847. The van der Waals surface area contributed by atoms with E-state index in [9.17, 15) is 14.4 Å². The molecule has 1 aliphatic heterocycles. The van der Waals surface area contributed by atoms with Crippen LogP contribution < -0.4 is 5.32 Å². The number of carbonyl (C=O) groups is 3. The molecule has 1 N–H and O–H groups in total. The lowest BCUT2D eigenvalue weighted by Crippen LogP contribution is -2.57. The third kappa shape index (κ3) is 2.81. The Balaban J connectivity index is 2.16. The molecule has 2 rings (SSSR count). The van der Waals surface area contributed by atoms with Crippen LogP contribution in [-0.2, 0) is 16.1 Å². The third-order valence-corrected chi connectivity index (χ3v) is 3.84. The van der Waals surface area contributed by atoms with Crippen LogP contribution in [-0.4, -0.2) is 27.7 Å². The number of amides is 4. The standard InChI is InChI=1S/C12H15N3O3S/c1-3-4-8-10(16)14-12(18)15(11(8)17)5-9-13-7(2)6-19-9/h6,8H,3-5H2,1-2H3,(H,14,16,18). The lowest BCUT2D eigenvalue weighted by Gasteiger charge is -2.29. The molecule has 6 nitrogen and oxygen atoms in total. The minimum Gasteiger partial charge on any atom is -0.277 e. The zero-order chi connectivity index (χ0) is 14.0. The van der Waals surface area contributed by atoms with Crippen molar-refractivity contribution in [2.45, 2.75) is 33.2 Å². The summed E-state index contributed by atoms with van der Waals surface area (Å²) in [5, 5.41) is 4.77. The Morgan fingerprint density at radius 1 is 1.42 bits per heavy atom. The number of rotatable bonds is 4. The molecule has 2 heterocycles. The van der Waals surface area contributed by atoms with Gasteiger partial charge in [-0.15, -0.1) is 11.3 Å². The summed E-state index contributed by atoms with van der Waals surface area (Å²) in [7, 11) is 0. The highest BCUT2D eigenvalue weighted by Gasteiger charge is 2.39. The summed E-state index contributed by atoms with van der Waals surface area (Å²) in [5.41, 5.74) is 0.853. The van der Waals surface area contributed by atoms with Gasteiger partial charge in [0.1, 0.15) is 10.9 Å². The second kappa shape index (κ2) is 5.48. The summed E-state index contributed by atoms with van der Waals surface area (Å²) in [6.45, 7) is 3.86. The van der Waals surface area contributed by atoms with Crippen molar-refractivity contribution in [3.8, 4) is 0 Å². The highest BCUT2D eigenvalue weighted by Crippen LogP contribution is 2.19. The fourth-order valence-electron chi connectivity index (χ4n) is 1.96. The molecule has 1 aliphatic rings. The number of nitrogens with zero attached hydrogens (tertiary/aromatic N) is 2. The van der Waals surface area contributed by atoms with E-state index in [0.717, 1.165) is 10.6 Å². The zero-order valence-electron chi connectivity index (χ0n) is 10.8. The fourth-order valence-corrected chi connectivity index (χ4v) is 2.72. The Hall–Kier alpha value is -1.76. The van der Waals surface area contributed by atoms with Gasteiger partial charge in [-0.25, -0.2) is 9.78 Å². The predicted molar refractivity (Wildman–Crippen MR) is 69.3 cm³/mol. The Morgan fingerprint density at radius 2 is 2.16 bits per heavy atom. The van der Waals surface area contributed by atoms with Gasteiger partial charge in [0.15, 0.2) is 0 Å². The fraction of sp³-hybridized carbons (Fsp3) is 0.500. The Morgan fingerprint density at radius 3 is 2.74 bits per heavy atom. The molecule has 0 saturated carbocycles. The van der Waals surface area contributed by atoms with Crippen LogP contribution in [0.25, 0.3) is 0 Å². The number of aromatic nitrogens is 1. The molecule has 4 amide bonds. The number of aryl methyl sites for hydroxylation is 1. The molecule has 0 radical (unpaired) electrons. The van der Waals surface area contributed by atoms with Crippen molar-refractivity contribution in [1.29, 1.82) is 0 Å². The van der Waals surface area contributed by atoms with Gasteiger partial charge >= 0.3 is 6.03 Å². The molecular formula is C12H15N3O3S. The van der Waals surface area contributed by atoms with E-state index in [-0.39, 0.29) is 6.54 Å². The maximum atomic E-state index is 12.2. The number of hydrogen-bond donors (Lipinski definition) is 1. The van der Waals surface area contributed by atoms with E-state index < -0.39 is 23.8 Å². The molecule has 1 saturated heterocycles. The van der Waals surface area contributed by atoms with E-state index >= 15 is 0 Å². The number of nitrogens with one attached hydrogen (secondary N) is 1. The van der Waals surface area contributed by atoms with Crippen LogP contribution in [0.5, 0.6) is 0 Å². The van der Waals surface area contributed by atoms with Crippen LogP contribution in [0.2, 0.25) is 0 Å². The van der Waals surface area contributed by atoms with Crippen LogP contribution in [0.3, 0.4) is 0 Å². The first-order valence-electron chi connectivity index (χ1n) is 6.10. The molecule has 1 aromatic rings. The highest BCUT2D eigenvalue weighted by molar-refractivity contribution is 7.09. The average Bonchev–Trinajstić information content (AvgIpc) is 2.76. The van der Waals surface area contributed by atoms with Crippen LogP contribution in [0, 0.1) is 12.8 Å². The highest BCUT2D eigenvalue weighted by atomic mass is 32.1. The minimum atomic E-state index is -0.760. The van der Waals surface area contributed by atoms with E-state index in [2.05, 4.69) is 10.3 Å². The SMILES string of the molecule is CCCC1C(=O)NC(=O)N(Cc2nc(C)cs2)C1=O. The molecule has 1 aromatic heterocycles. The minimum absolute atomic E-state index is 0.122. The molecular weight excluding hydrogens is 266 g/mol. The molecule has 0 aromatic carbocycles. The summed E-state index contributed by atoms with van der Waals surface area (Å²) in [6.07, 6.45) is 1.16. The van der Waals surface area contributed by atoms with E-state index in [4.69, 9.17) is 0 Å². The van der Waals surface area contributed by atoms with E-state index in [0.29, 0.717) is 17.8 Å². The second-order valence-electron chi connectivity index (χ2n) is 4.44. The summed E-state index contributed by atoms with van der Waals surface area (Å²) in [5.74, 6) is -1.68. The van der Waals surface area contributed by atoms with Crippen molar-refractivity contribution in [3.63, 3.8) is 0 Å². The molecule has 0 aliphatic carbocycles. The Kier molecular flexibility index (Phi) is 3.94. The van der Waals surface area contributed by atoms with Crippen molar-refractivity contribution >= 4 is 29.2 Å². The van der Waals surface area contributed by atoms with E-state index in [1.807, 2.05) is 19.2 Å². The molecule has 1 fully saturated rings. The van der Waals surface area contributed by atoms with Crippen molar-refractivity contribution in [1.82, 2.24) is 15.2 Å². The molecule has 1 atom stereocenters. The predicted octanol–water partition coefficient (Wildman–Crippen LogP) is 1.45. The van der Waals surface area contributed by atoms with Crippen molar-refractivity contribution in [2.75, 3.05) is 0 Å². The van der Waals surface area contributed by atoms with Crippen LogP contribution in [0.4, 0.5) is 4.79 Å². The van der Waals surface area contributed by atoms with Crippen molar-refractivity contribution in [2.24, 2.45) is 5.92 Å². The molecule has 1 unspecified atom stereocenters. The summed E-state index contributed by atoms with van der Waals surface area (Å²) < 4.78 is 0. The van der Waals surface area contributed by atoms with Gasteiger partial charge in [-0.05, 0) is 13.3 Å². The first kappa shape index (κ1) is 13.7.